The van der Waals surface area contributed by atoms with Gasteiger partial charge in [0.05, 0.1) is 38.6 Å². The van der Waals surface area contributed by atoms with E-state index < -0.39 is 37.2 Å². The Morgan fingerprint density at radius 2 is 1.95 bits per heavy atom. The van der Waals surface area contributed by atoms with E-state index in [0.29, 0.717) is 58.0 Å². The van der Waals surface area contributed by atoms with Gasteiger partial charge in [0.2, 0.25) is 12.2 Å². The van der Waals surface area contributed by atoms with Crippen LogP contribution in [-0.2, 0) is 40.0 Å². The van der Waals surface area contributed by atoms with Gasteiger partial charge >= 0.3 is 5.97 Å². The molecule has 1 saturated heterocycles. The first kappa shape index (κ1) is 35.9. The number of nitrogens with one attached hydrogen (secondary N) is 2. The van der Waals surface area contributed by atoms with E-state index in [1.165, 1.54) is 18.2 Å². The van der Waals surface area contributed by atoms with Crippen LogP contribution in [0.25, 0.3) is 0 Å². The van der Waals surface area contributed by atoms with Crippen molar-refractivity contribution in [3.63, 3.8) is 0 Å². The number of rotatable bonds is 18. The number of halogens is 1. The molecule has 2 rings (SSSR count). The molecule has 1 aromatic carbocycles. The number of likely N-dealkylation sites (N-methyl/N-ethyl adjacent to an activating group) is 1. The molecular weight excluding hydrogens is 545 g/mol. The highest BCUT2D eigenvalue weighted by atomic mass is 19.1. The number of amides is 1. The summed E-state index contributed by atoms with van der Waals surface area (Å²) >= 11 is 0. The molecular formula is C27H40FN3O10. The Balaban J connectivity index is 0.000000545. The Morgan fingerprint density at radius 1 is 1.24 bits per heavy atom. The number of benzene rings is 1. The number of aldehydes is 1. The third kappa shape index (κ3) is 14.9. The SMILES string of the molecule is C#CCOCCOCCOCC=O.CNC(CCN)C(=O)Nc1ccc(OC2CC(O)CC(C(=O)O)O2)c(CF)c1. The minimum absolute atomic E-state index is 0.0361. The molecule has 0 aliphatic carbocycles. The molecule has 0 aromatic heterocycles. The van der Waals surface area contributed by atoms with Crippen molar-refractivity contribution < 1.29 is 52.7 Å². The van der Waals surface area contributed by atoms with Crippen LogP contribution in [0.3, 0.4) is 0 Å². The number of nitrogens with two attached hydrogens (primary N) is 1. The predicted molar refractivity (Wildman–Crippen MR) is 146 cm³/mol. The average Bonchev–Trinajstić information content (AvgIpc) is 2.95. The lowest BCUT2D eigenvalue weighted by Crippen LogP contribution is -2.42. The van der Waals surface area contributed by atoms with Crippen LogP contribution in [0, 0.1) is 12.3 Å². The zero-order valence-corrected chi connectivity index (χ0v) is 23.1. The third-order valence-electron chi connectivity index (χ3n) is 5.51. The largest absolute Gasteiger partial charge is 0.479 e. The summed E-state index contributed by atoms with van der Waals surface area (Å²) in [6.45, 7) is 1.77. The van der Waals surface area contributed by atoms with Crippen molar-refractivity contribution in [1.82, 2.24) is 5.32 Å². The fourth-order valence-electron chi connectivity index (χ4n) is 3.52. The quantitative estimate of drug-likeness (QED) is 0.0898. The summed E-state index contributed by atoms with van der Waals surface area (Å²) in [7, 11) is 1.65. The minimum Gasteiger partial charge on any atom is -0.479 e. The molecule has 41 heavy (non-hydrogen) atoms. The van der Waals surface area contributed by atoms with Crippen LogP contribution >= 0.6 is 0 Å². The lowest BCUT2D eigenvalue weighted by molar-refractivity contribution is -0.195. The summed E-state index contributed by atoms with van der Waals surface area (Å²) in [4.78, 5) is 33.1. The van der Waals surface area contributed by atoms with Crippen LogP contribution in [0.4, 0.5) is 10.1 Å². The number of carbonyl (C=O) groups excluding carboxylic acids is 2. The van der Waals surface area contributed by atoms with E-state index in [1.807, 2.05) is 0 Å². The van der Waals surface area contributed by atoms with Crippen LogP contribution in [-0.4, -0.2) is 106 Å². The van der Waals surface area contributed by atoms with Gasteiger partial charge in [0.1, 0.15) is 31.9 Å². The zero-order chi connectivity index (χ0) is 30.5. The monoisotopic (exact) mass is 585 g/mol. The molecule has 1 aromatic rings. The van der Waals surface area contributed by atoms with Gasteiger partial charge in [0, 0.05) is 24.1 Å². The van der Waals surface area contributed by atoms with Crippen molar-refractivity contribution >= 4 is 23.9 Å². The van der Waals surface area contributed by atoms with Gasteiger partial charge in [-0.15, -0.1) is 6.42 Å². The number of ether oxygens (including phenoxy) is 5. The molecule has 1 heterocycles. The van der Waals surface area contributed by atoms with Crippen molar-refractivity contribution in [2.45, 2.75) is 50.5 Å². The lowest BCUT2D eigenvalue weighted by Gasteiger charge is -2.31. The maximum Gasteiger partial charge on any atom is 0.333 e. The van der Waals surface area contributed by atoms with Gasteiger partial charge in [-0.2, -0.15) is 0 Å². The van der Waals surface area contributed by atoms with E-state index in [9.17, 15) is 23.9 Å². The first-order valence-electron chi connectivity index (χ1n) is 13.0. The van der Waals surface area contributed by atoms with Crippen molar-refractivity contribution in [1.29, 1.82) is 0 Å². The van der Waals surface area contributed by atoms with E-state index in [4.69, 9.17) is 40.9 Å². The number of alkyl halides is 1. The van der Waals surface area contributed by atoms with Crippen LogP contribution in [0.1, 0.15) is 24.8 Å². The second kappa shape index (κ2) is 21.6. The molecule has 0 radical (unpaired) electrons. The minimum atomic E-state index is -1.20. The number of carboxylic acid groups (broad SMARTS) is 1. The van der Waals surface area contributed by atoms with Crippen molar-refractivity contribution in [3.05, 3.63) is 23.8 Å². The Kier molecular flexibility index (Phi) is 18.9. The molecule has 1 aliphatic heterocycles. The highest BCUT2D eigenvalue weighted by Gasteiger charge is 2.34. The molecule has 1 aliphatic rings. The van der Waals surface area contributed by atoms with Crippen LogP contribution < -0.4 is 21.1 Å². The van der Waals surface area contributed by atoms with Crippen LogP contribution in [0.2, 0.25) is 0 Å². The molecule has 1 fully saturated rings. The molecule has 0 spiro atoms. The number of aliphatic hydroxyl groups is 1. The maximum absolute atomic E-state index is 13.5. The number of aliphatic hydroxyl groups excluding tert-OH is 1. The van der Waals surface area contributed by atoms with Crippen LogP contribution in [0.5, 0.6) is 5.75 Å². The normalized spacial score (nSPS) is 18.8. The first-order chi connectivity index (χ1) is 19.8. The number of hydrogen-bond donors (Lipinski definition) is 5. The summed E-state index contributed by atoms with van der Waals surface area (Å²) in [5.41, 5.74) is 6.02. The van der Waals surface area contributed by atoms with E-state index >= 15 is 0 Å². The Bertz CT molecular complexity index is 962. The Labute approximate surface area is 238 Å². The lowest BCUT2D eigenvalue weighted by atomic mass is 10.1. The zero-order valence-electron chi connectivity index (χ0n) is 23.1. The summed E-state index contributed by atoms with van der Waals surface area (Å²) < 4.78 is 39.2. The van der Waals surface area contributed by atoms with Gasteiger partial charge in [-0.3, -0.25) is 4.79 Å². The van der Waals surface area contributed by atoms with Gasteiger partial charge < -0.3 is 55.1 Å². The highest BCUT2D eigenvalue weighted by Crippen LogP contribution is 2.28. The van der Waals surface area contributed by atoms with E-state index in [0.717, 1.165) is 0 Å². The summed E-state index contributed by atoms with van der Waals surface area (Å²) in [6, 6.07) is 3.95. The van der Waals surface area contributed by atoms with Gasteiger partial charge in [0.25, 0.3) is 0 Å². The molecule has 4 unspecified atom stereocenters. The summed E-state index contributed by atoms with van der Waals surface area (Å²) in [5, 5.41) is 24.4. The molecule has 13 nitrogen and oxygen atoms in total. The van der Waals surface area contributed by atoms with Gasteiger partial charge in [-0.25, -0.2) is 9.18 Å². The van der Waals surface area contributed by atoms with E-state index in [1.54, 1.807) is 7.05 Å². The number of anilines is 1. The number of hydrogen-bond acceptors (Lipinski definition) is 11. The van der Waals surface area contributed by atoms with Crippen molar-refractivity contribution in [3.8, 4) is 18.1 Å². The third-order valence-corrected chi connectivity index (χ3v) is 5.51. The van der Waals surface area contributed by atoms with Crippen molar-refractivity contribution in [2.24, 2.45) is 5.73 Å². The van der Waals surface area contributed by atoms with Crippen molar-refractivity contribution in [2.75, 3.05) is 58.6 Å². The molecule has 0 saturated carbocycles. The van der Waals surface area contributed by atoms with Gasteiger partial charge in [-0.1, -0.05) is 5.92 Å². The second-order valence-electron chi connectivity index (χ2n) is 8.61. The van der Waals surface area contributed by atoms with Gasteiger partial charge in [0.15, 0.2) is 6.10 Å². The number of carboxylic acids is 1. The molecule has 14 heteroatoms. The summed E-state index contributed by atoms with van der Waals surface area (Å²) in [6.07, 6.45) is 3.03. The molecule has 4 atom stereocenters. The van der Waals surface area contributed by atoms with E-state index in [2.05, 4.69) is 16.6 Å². The number of aliphatic carboxylic acids is 1. The maximum atomic E-state index is 13.5. The number of carbonyl (C=O) groups is 3. The Hall–Kier alpha value is -3.16. The average molecular weight is 586 g/mol. The standard InChI is InChI=1S/C18H26FN3O6.C9H14O4/c1-21-13(4-5-20)17(24)22-11-2-3-14(10(6-11)9-19)27-16-8-12(23)7-15(28-16)18(25)26;1-2-4-11-6-8-13-9-7-12-5-3-10/h2-3,6,12-13,15-16,21,23H,4-5,7-9,20H2,1H3,(H,22,24)(H,25,26);1,3H,4-9H2. The number of terminal acetylenes is 1. The van der Waals surface area contributed by atoms with Crippen LogP contribution in [0.15, 0.2) is 18.2 Å². The fraction of sp³-hybridized carbons (Fsp3) is 0.593. The fourth-order valence-corrected chi connectivity index (χ4v) is 3.52. The smallest absolute Gasteiger partial charge is 0.333 e. The molecule has 6 N–H and O–H groups in total. The summed E-state index contributed by atoms with van der Waals surface area (Å²) in [5.74, 6) is 0.996. The second-order valence-corrected chi connectivity index (χ2v) is 8.61. The van der Waals surface area contributed by atoms with Gasteiger partial charge in [-0.05, 0) is 38.2 Å². The van der Waals surface area contributed by atoms with E-state index in [-0.39, 0.29) is 36.7 Å². The first-order valence-corrected chi connectivity index (χ1v) is 13.0. The molecule has 1 amide bonds. The highest BCUT2D eigenvalue weighted by molar-refractivity contribution is 5.95. The predicted octanol–water partition coefficient (Wildman–Crippen LogP) is 0.229. The topological polar surface area (TPSA) is 188 Å². The Morgan fingerprint density at radius 3 is 2.56 bits per heavy atom. The molecule has 0 bridgehead atoms. The molecule has 230 valence electrons.